The Morgan fingerprint density at radius 3 is 2.75 bits per heavy atom. The molecule has 0 amide bonds. The average molecular weight is 286 g/mol. The van der Waals surface area contributed by atoms with Crippen molar-refractivity contribution in [3.05, 3.63) is 51.5 Å². The summed E-state index contributed by atoms with van der Waals surface area (Å²) in [7, 11) is 0. The highest BCUT2D eigenvalue weighted by atomic mass is 32.1. The third-order valence-electron chi connectivity index (χ3n) is 3.84. The fourth-order valence-electron chi connectivity index (χ4n) is 2.78. The number of thiazole rings is 1. The van der Waals surface area contributed by atoms with Crippen LogP contribution in [0.1, 0.15) is 53.4 Å². The van der Waals surface area contributed by atoms with E-state index >= 15 is 0 Å². The highest BCUT2D eigenvalue weighted by Crippen LogP contribution is 2.32. The second kappa shape index (κ2) is 6.51. The third kappa shape index (κ3) is 2.94. The van der Waals surface area contributed by atoms with Crippen molar-refractivity contribution in [1.82, 2.24) is 10.3 Å². The van der Waals surface area contributed by atoms with Crippen molar-refractivity contribution in [1.29, 1.82) is 0 Å². The number of benzene rings is 1. The van der Waals surface area contributed by atoms with Gasteiger partial charge in [-0.3, -0.25) is 0 Å². The molecule has 0 spiro atoms. The number of aryl methyl sites for hydroxylation is 2. The van der Waals surface area contributed by atoms with E-state index in [0.717, 1.165) is 13.0 Å². The zero-order valence-electron chi connectivity index (χ0n) is 12.1. The summed E-state index contributed by atoms with van der Waals surface area (Å²) in [5, 5.41) is 4.91. The minimum absolute atomic E-state index is 0.256. The molecular weight excluding hydrogens is 264 g/mol. The minimum Gasteiger partial charge on any atom is -0.304 e. The van der Waals surface area contributed by atoms with Crippen LogP contribution in [0.2, 0.25) is 0 Å². The van der Waals surface area contributed by atoms with E-state index in [9.17, 15) is 0 Å². The first-order valence-corrected chi connectivity index (χ1v) is 8.47. The second-order valence-corrected chi connectivity index (χ2v) is 6.54. The molecular formula is C17H22N2S. The standard InChI is InChI=1S/C17H22N2S/c1-2-12-18-16(13-8-4-3-5-9-13)17-19-14-10-6-7-11-15(14)20-17/h3-5,8-9,16,18H,2,6-7,10-12H2,1H3. The Morgan fingerprint density at radius 1 is 1.20 bits per heavy atom. The molecule has 1 aliphatic rings. The van der Waals surface area contributed by atoms with E-state index in [4.69, 9.17) is 4.98 Å². The zero-order chi connectivity index (χ0) is 13.8. The molecule has 0 bridgehead atoms. The van der Waals surface area contributed by atoms with Crippen molar-refractivity contribution in [3.8, 4) is 0 Å². The molecule has 2 nitrogen and oxygen atoms in total. The van der Waals surface area contributed by atoms with Crippen LogP contribution >= 0.6 is 11.3 Å². The van der Waals surface area contributed by atoms with Crippen LogP contribution in [0.15, 0.2) is 30.3 Å². The van der Waals surface area contributed by atoms with Crippen molar-refractivity contribution in [3.63, 3.8) is 0 Å². The van der Waals surface area contributed by atoms with Crippen LogP contribution in [0.5, 0.6) is 0 Å². The normalized spacial score (nSPS) is 15.8. The molecule has 20 heavy (non-hydrogen) atoms. The average Bonchev–Trinajstić information content (AvgIpc) is 2.92. The molecule has 1 heterocycles. The molecule has 1 aromatic heterocycles. The molecule has 1 aliphatic carbocycles. The van der Waals surface area contributed by atoms with Gasteiger partial charge >= 0.3 is 0 Å². The van der Waals surface area contributed by atoms with E-state index < -0.39 is 0 Å². The number of hydrogen-bond donors (Lipinski definition) is 1. The molecule has 2 aromatic rings. The number of aromatic nitrogens is 1. The van der Waals surface area contributed by atoms with Crippen molar-refractivity contribution in [2.45, 2.75) is 45.1 Å². The maximum atomic E-state index is 4.94. The lowest BCUT2D eigenvalue weighted by molar-refractivity contribution is 0.592. The molecule has 106 valence electrons. The van der Waals surface area contributed by atoms with Crippen molar-refractivity contribution in [2.24, 2.45) is 0 Å². The number of fused-ring (bicyclic) bond motifs is 1. The second-order valence-electron chi connectivity index (χ2n) is 5.43. The van der Waals surface area contributed by atoms with Gasteiger partial charge in [0.05, 0.1) is 11.7 Å². The maximum Gasteiger partial charge on any atom is 0.115 e. The quantitative estimate of drug-likeness (QED) is 0.894. The lowest BCUT2D eigenvalue weighted by Crippen LogP contribution is -2.23. The molecule has 1 aromatic carbocycles. The molecule has 1 unspecified atom stereocenters. The van der Waals surface area contributed by atoms with Gasteiger partial charge < -0.3 is 5.32 Å². The summed E-state index contributed by atoms with van der Waals surface area (Å²) in [6.07, 6.45) is 6.17. The van der Waals surface area contributed by atoms with Crippen LogP contribution in [0.25, 0.3) is 0 Å². The summed E-state index contributed by atoms with van der Waals surface area (Å²) in [6, 6.07) is 11.0. The van der Waals surface area contributed by atoms with Crippen LogP contribution in [-0.2, 0) is 12.8 Å². The number of nitrogens with one attached hydrogen (secondary N) is 1. The first kappa shape index (κ1) is 13.8. The predicted octanol–water partition coefficient (Wildman–Crippen LogP) is 4.11. The van der Waals surface area contributed by atoms with Crippen LogP contribution in [0.3, 0.4) is 0 Å². The highest BCUT2D eigenvalue weighted by Gasteiger charge is 2.21. The first-order chi connectivity index (χ1) is 9.88. The van der Waals surface area contributed by atoms with Gasteiger partial charge in [-0.1, -0.05) is 37.3 Å². The van der Waals surface area contributed by atoms with Crippen LogP contribution in [0, 0.1) is 0 Å². The third-order valence-corrected chi connectivity index (χ3v) is 5.06. The molecule has 0 radical (unpaired) electrons. The fourth-order valence-corrected chi connectivity index (χ4v) is 4.03. The van der Waals surface area contributed by atoms with E-state index in [-0.39, 0.29) is 6.04 Å². The summed E-state index contributed by atoms with van der Waals surface area (Å²) in [6.45, 7) is 3.24. The summed E-state index contributed by atoms with van der Waals surface area (Å²) in [4.78, 5) is 6.46. The maximum absolute atomic E-state index is 4.94. The van der Waals surface area contributed by atoms with Crippen LogP contribution in [-0.4, -0.2) is 11.5 Å². The number of hydrogen-bond acceptors (Lipinski definition) is 3. The Morgan fingerprint density at radius 2 is 2.00 bits per heavy atom. The van der Waals surface area contributed by atoms with Crippen molar-refractivity contribution in [2.75, 3.05) is 6.54 Å². The fraction of sp³-hybridized carbons (Fsp3) is 0.471. The van der Waals surface area contributed by atoms with Gasteiger partial charge in [-0.25, -0.2) is 4.98 Å². The Labute approximate surface area is 125 Å². The van der Waals surface area contributed by atoms with Gasteiger partial charge in [0, 0.05) is 4.88 Å². The molecule has 1 N–H and O–H groups in total. The van der Waals surface area contributed by atoms with Crippen molar-refractivity contribution < 1.29 is 0 Å². The zero-order valence-corrected chi connectivity index (χ0v) is 12.9. The van der Waals surface area contributed by atoms with Gasteiger partial charge in [-0.05, 0) is 44.2 Å². The Hall–Kier alpha value is -1.19. The van der Waals surface area contributed by atoms with Gasteiger partial charge in [0.1, 0.15) is 5.01 Å². The highest BCUT2D eigenvalue weighted by molar-refractivity contribution is 7.11. The van der Waals surface area contributed by atoms with E-state index in [2.05, 4.69) is 42.6 Å². The Bertz CT molecular complexity index is 524. The smallest absolute Gasteiger partial charge is 0.115 e. The lowest BCUT2D eigenvalue weighted by Gasteiger charge is -2.16. The Kier molecular flexibility index (Phi) is 4.48. The van der Waals surface area contributed by atoms with Gasteiger partial charge in [0.25, 0.3) is 0 Å². The van der Waals surface area contributed by atoms with Gasteiger partial charge in [0.15, 0.2) is 0 Å². The SMILES string of the molecule is CCCNC(c1ccccc1)c1nc2c(s1)CCCC2. The van der Waals surface area contributed by atoms with E-state index in [0.29, 0.717) is 0 Å². The summed E-state index contributed by atoms with van der Waals surface area (Å²) >= 11 is 1.92. The number of nitrogens with zero attached hydrogens (tertiary/aromatic N) is 1. The molecule has 0 aliphatic heterocycles. The summed E-state index contributed by atoms with van der Waals surface area (Å²) in [5.41, 5.74) is 2.68. The van der Waals surface area contributed by atoms with E-state index in [1.165, 1.54) is 46.8 Å². The van der Waals surface area contributed by atoms with Gasteiger partial charge in [0.2, 0.25) is 0 Å². The Balaban J connectivity index is 1.90. The van der Waals surface area contributed by atoms with Crippen LogP contribution < -0.4 is 5.32 Å². The minimum atomic E-state index is 0.256. The summed E-state index contributed by atoms with van der Waals surface area (Å²) < 4.78 is 0. The first-order valence-electron chi connectivity index (χ1n) is 7.65. The van der Waals surface area contributed by atoms with E-state index in [1.54, 1.807) is 0 Å². The molecule has 1 atom stereocenters. The van der Waals surface area contributed by atoms with Crippen molar-refractivity contribution >= 4 is 11.3 Å². The topological polar surface area (TPSA) is 24.9 Å². The molecule has 3 rings (SSSR count). The largest absolute Gasteiger partial charge is 0.304 e. The molecule has 0 fully saturated rings. The monoisotopic (exact) mass is 286 g/mol. The van der Waals surface area contributed by atoms with E-state index in [1.807, 2.05) is 11.3 Å². The van der Waals surface area contributed by atoms with Gasteiger partial charge in [-0.15, -0.1) is 11.3 Å². The lowest BCUT2D eigenvalue weighted by atomic mass is 10.0. The molecule has 0 saturated heterocycles. The number of rotatable bonds is 5. The summed E-state index contributed by atoms with van der Waals surface area (Å²) in [5.74, 6) is 0. The molecule has 3 heteroatoms. The van der Waals surface area contributed by atoms with Crippen LogP contribution in [0.4, 0.5) is 0 Å². The predicted molar refractivity (Wildman–Crippen MR) is 85.3 cm³/mol. The molecule has 0 saturated carbocycles. The van der Waals surface area contributed by atoms with Gasteiger partial charge in [-0.2, -0.15) is 0 Å².